The Bertz CT molecular complexity index is 834. The van der Waals surface area contributed by atoms with Crippen LogP contribution in [0.4, 0.5) is 0 Å². The van der Waals surface area contributed by atoms with Crippen molar-refractivity contribution in [1.29, 1.82) is 0 Å². The maximum Gasteiger partial charge on any atom is 0.0467 e. The summed E-state index contributed by atoms with van der Waals surface area (Å²) in [5, 5.41) is 6.20. The normalized spacial score (nSPS) is 13.9. The summed E-state index contributed by atoms with van der Waals surface area (Å²) in [6.45, 7) is 5.34. The highest BCUT2D eigenvalue weighted by molar-refractivity contribution is 5.85. The molecule has 0 aliphatic heterocycles. The molecule has 0 spiro atoms. The molecule has 136 valence electrons. The first-order valence-electron chi connectivity index (χ1n) is 9.41. The Kier molecular flexibility index (Phi) is 6.02. The monoisotopic (exact) mass is 347 g/mol. The van der Waals surface area contributed by atoms with Crippen molar-refractivity contribution in [3.05, 3.63) is 77.6 Å². The van der Waals surface area contributed by atoms with Gasteiger partial charge in [-0.1, -0.05) is 49.4 Å². The van der Waals surface area contributed by atoms with E-state index < -0.39 is 0 Å². The molecular formula is C23H29N3. The molecule has 3 heteroatoms. The van der Waals surface area contributed by atoms with Crippen molar-refractivity contribution in [3.63, 3.8) is 0 Å². The van der Waals surface area contributed by atoms with Crippen LogP contribution in [0.1, 0.15) is 42.6 Å². The highest BCUT2D eigenvalue weighted by Gasteiger charge is 2.16. The fraction of sp³-hybridized carbons (Fsp3) is 0.348. The Morgan fingerprint density at radius 2 is 1.81 bits per heavy atom. The van der Waals surface area contributed by atoms with Gasteiger partial charge in [0.2, 0.25) is 0 Å². The quantitative estimate of drug-likeness (QED) is 0.668. The SMILES string of the molecule is CCc1ccc(C(CNC(C)c2cccc3cnccc23)N(C)C)cc1. The molecule has 1 N–H and O–H groups in total. The van der Waals surface area contributed by atoms with Crippen LogP contribution < -0.4 is 5.32 Å². The lowest BCUT2D eigenvalue weighted by Crippen LogP contribution is -2.32. The maximum absolute atomic E-state index is 4.24. The number of aryl methyl sites for hydroxylation is 1. The largest absolute Gasteiger partial charge is 0.308 e. The second-order valence-corrected chi connectivity index (χ2v) is 7.15. The molecule has 3 nitrogen and oxygen atoms in total. The number of hydrogen-bond donors (Lipinski definition) is 1. The standard InChI is InChI=1S/C23H29N3/c1-5-18-9-11-19(12-10-18)23(26(3)4)16-25-17(2)21-8-6-7-20-15-24-14-13-22(20)21/h6-15,17,23,25H,5,16H2,1-4H3. The number of likely N-dealkylation sites (N-methyl/N-ethyl adjacent to an activating group) is 1. The zero-order chi connectivity index (χ0) is 18.5. The summed E-state index contributed by atoms with van der Waals surface area (Å²) >= 11 is 0. The first-order chi connectivity index (χ1) is 12.6. The molecule has 0 saturated heterocycles. The van der Waals surface area contributed by atoms with Crippen LogP contribution in [0.2, 0.25) is 0 Å². The molecule has 2 aromatic carbocycles. The summed E-state index contributed by atoms with van der Waals surface area (Å²) in [5.41, 5.74) is 4.06. The van der Waals surface area contributed by atoms with E-state index in [0.29, 0.717) is 6.04 Å². The smallest absolute Gasteiger partial charge is 0.0467 e. The zero-order valence-corrected chi connectivity index (χ0v) is 16.2. The average Bonchev–Trinajstić information content (AvgIpc) is 2.67. The molecule has 3 aromatic rings. The van der Waals surface area contributed by atoms with Gasteiger partial charge < -0.3 is 10.2 Å². The fourth-order valence-corrected chi connectivity index (χ4v) is 3.50. The van der Waals surface area contributed by atoms with Gasteiger partial charge in [0.1, 0.15) is 0 Å². The first-order valence-corrected chi connectivity index (χ1v) is 9.41. The van der Waals surface area contributed by atoms with Crippen molar-refractivity contribution < 1.29 is 0 Å². The van der Waals surface area contributed by atoms with Crippen molar-refractivity contribution in [1.82, 2.24) is 15.2 Å². The zero-order valence-electron chi connectivity index (χ0n) is 16.2. The summed E-state index contributed by atoms with van der Waals surface area (Å²) in [6.07, 6.45) is 4.89. The van der Waals surface area contributed by atoms with Gasteiger partial charge in [-0.15, -0.1) is 0 Å². The van der Waals surface area contributed by atoms with Gasteiger partial charge in [0, 0.05) is 36.4 Å². The molecule has 0 fully saturated rings. The molecule has 2 unspecified atom stereocenters. The van der Waals surface area contributed by atoms with Crippen LogP contribution in [0.25, 0.3) is 10.8 Å². The Morgan fingerprint density at radius 1 is 1.04 bits per heavy atom. The third-order valence-corrected chi connectivity index (χ3v) is 5.19. The van der Waals surface area contributed by atoms with Crippen LogP contribution in [-0.4, -0.2) is 30.5 Å². The van der Waals surface area contributed by atoms with Crippen LogP contribution >= 0.6 is 0 Å². The van der Waals surface area contributed by atoms with Gasteiger partial charge in [-0.05, 0) is 55.6 Å². The van der Waals surface area contributed by atoms with Gasteiger partial charge in [0.25, 0.3) is 0 Å². The topological polar surface area (TPSA) is 28.2 Å². The third kappa shape index (κ3) is 4.12. The summed E-state index contributed by atoms with van der Waals surface area (Å²) in [4.78, 5) is 6.52. The third-order valence-electron chi connectivity index (χ3n) is 5.19. The number of benzene rings is 2. The number of fused-ring (bicyclic) bond motifs is 1. The summed E-state index contributed by atoms with van der Waals surface area (Å²) in [6, 6.07) is 18.2. The molecule has 0 bridgehead atoms. The van der Waals surface area contributed by atoms with Gasteiger partial charge >= 0.3 is 0 Å². The minimum absolute atomic E-state index is 0.276. The van der Waals surface area contributed by atoms with Gasteiger partial charge in [-0.25, -0.2) is 0 Å². The number of pyridine rings is 1. The number of aromatic nitrogens is 1. The van der Waals surface area contributed by atoms with Crippen LogP contribution in [0.15, 0.2) is 60.9 Å². The molecule has 0 saturated carbocycles. The predicted molar refractivity (Wildman–Crippen MR) is 110 cm³/mol. The summed E-state index contributed by atoms with van der Waals surface area (Å²) in [7, 11) is 4.29. The number of nitrogens with one attached hydrogen (secondary N) is 1. The predicted octanol–water partition coefficient (Wildman–Crippen LogP) is 4.75. The molecule has 26 heavy (non-hydrogen) atoms. The van der Waals surface area contributed by atoms with Crippen molar-refractivity contribution in [3.8, 4) is 0 Å². The molecule has 0 amide bonds. The molecule has 2 atom stereocenters. The molecular weight excluding hydrogens is 318 g/mol. The molecule has 3 rings (SSSR count). The van der Waals surface area contributed by atoms with Crippen LogP contribution in [-0.2, 0) is 6.42 Å². The second-order valence-electron chi connectivity index (χ2n) is 7.15. The van der Waals surface area contributed by atoms with E-state index in [-0.39, 0.29) is 6.04 Å². The van der Waals surface area contributed by atoms with Crippen molar-refractivity contribution >= 4 is 10.8 Å². The van der Waals surface area contributed by atoms with Crippen molar-refractivity contribution in [2.24, 2.45) is 0 Å². The number of rotatable bonds is 7. The van der Waals surface area contributed by atoms with Crippen LogP contribution in [0, 0.1) is 0 Å². The van der Waals surface area contributed by atoms with Gasteiger partial charge in [0.05, 0.1) is 0 Å². The first kappa shape index (κ1) is 18.6. The second kappa shape index (κ2) is 8.43. The lowest BCUT2D eigenvalue weighted by atomic mass is 9.99. The van der Waals surface area contributed by atoms with Gasteiger partial charge in [-0.2, -0.15) is 0 Å². The van der Waals surface area contributed by atoms with E-state index in [0.717, 1.165) is 13.0 Å². The van der Waals surface area contributed by atoms with E-state index >= 15 is 0 Å². The Balaban J connectivity index is 1.76. The molecule has 0 aliphatic carbocycles. The summed E-state index contributed by atoms with van der Waals surface area (Å²) in [5.74, 6) is 0. The minimum Gasteiger partial charge on any atom is -0.308 e. The minimum atomic E-state index is 0.276. The molecule has 0 radical (unpaired) electrons. The molecule has 1 aromatic heterocycles. The number of hydrogen-bond acceptors (Lipinski definition) is 3. The van der Waals surface area contributed by atoms with E-state index in [2.05, 4.69) is 91.7 Å². The lowest BCUT2D eigenvalue weighted by Gasteiger charge is -2.27. The summed E-state index contributed by atoms with van der Waals surface area (Å²) < 4.78 is 0. The van der Waals surface area contributed by atoms with Crippen LogP contribution in [0.5, 0.6) is 0 Å². The lowest BCUT2D eigenvalue weighted by molar-refractivity contribution is 0.282. The molecule has 1 heterocycles. The Hall–Kier alpha value is -2.23. The Labute approximate surface area is 157 Å². The number of nitrogens with zero attached hydrogens (tertiary/aromatic N) is 2. The highest BCUT2D eigenvalue weighted by atomic mass is 15.1. The van der Waals surface area contributed by atoms with E-state index in [9.17, 15) is 0 Å². The fourth-order valence-electron chi connectivity index (χ4n) is 3.50. The van der Waals surface area contributed by atoms with Gasteiger partial charge in [0.15, 0.2) is 0 Å². The Morgan fingerprint density at radius 3 is 2.50 bits per heavy atom. The van der Waals surface area contributed by atoms with E-state index in [1.54, 1.807) is 0 Å². The van der Waals surface area contributed by atoms with E-state index in [4.69, 9.17) is 0 Å². The van der Waals surface area contributed by atoms with Crippen molar-refractivity contribution in [2.45, 2.75) is 32.4 Å². The maximum atomic E-state index is 4.24. The van der Waals surface area contributed by atoms with Crippen LogP contribution in [0.3, 0.4) is 0 Å². The van der Waals surface area contributed by atoms with Crippen molar-refractivity contribution in [2.75, 3.05) is 20.6 Å². The molecule has 0 aliphatic rings. The van der Waals surface area contributed by atoms with E-state index in [1.165, 1.54) is 27.5 Å². The highest BCUT2D eigenvalue weighted by Crippen LogP contribution is 2.25. The van der Waals surface area contributed by atoms with Gasteiger partial charge in [-0.3, -0.25) is 4.98 Å². The average molecular weight is 348 g/mol. The van der Waals surface area contributed by atoms with E-state index in [1.807, 2.05) is 12.4 Å².